The van der Waals surface area contributed by atoms with E-state index < -0.39 is 17.9 Å². The maximum Gasteiger partial charge on any atom is 0.247 e. The molecule has 0 aliphatic carbocycles. The quantitative estimate of drug-likeness (QED) is 0.714. The third-order valence-electron chi connectivity index (χ3n) is 7.57. The van der Waals surface area contributed by atoms with E-state index in [1.165, 1.54) is 4.90 Å². The van der Waals surface area contributed by atoms with Gasteiger partial charge in [-0.25, -0.2) is 0 Å². The molecular weight excluding hydrogens is 430 g/mol. The normalized spacial score (nSPS) is 29.6. The van der Waals surface area contributed by atoms with Crippen molar-refractivity contribution in [2.75, 3.05) is 23.4 Å². The molecule has 0 saturated carbocycles. The Bertz CT molecular complexity index is 1190. The molecule has 3 fully saturated rings. The molecule has 6 rings (SSSR count). The van der Waals surface area contributed by atoms with Crippen LogP contribution in [-0.2, 0) is 19.1 Å². The summed E-state index contributed by atoms with van der Waals surface area (Å²) in [7, 11) is 0. The molecule has 4 aliphatic rings. The van der Waals surface area contributed by atoms with Crippen LogP contribution in [0.25, 0.3) is 5.57 Å². The van der Waals surface area contributed by atoms with E-state index in [9.17, 15) is 14.4 Å². The van der Waals surface area contributed by atoms with Crippen LogP contribution in [0.15, 0.2) is 60.7 Å². The van der Waals surface area contributed by atoms with Gasteiger partial charge in [-0.05, 0) is 43.5 Å². The zero-order valence-electron chi connectivity index (χ0n) is 19.0. The largest absolute Gasteiger partial charge is 0.376 e. The lowest BCUT2D eigenvalue weighted by Gasteiger charge is -2.38. The third kappa shape index (κ3) is 3.18. The highest BCUT2D eigenvalue weighted by atomic mass is 16.5. The van der Waals surface area contributed by atoms with Gasteiger partial charge in [-0.3, -0.25) is 19.3 Å². The molecule has 4 aliphatic heterocycles. The van der Waals surface area contributed by atoms with Gasteiger partial charge in [0.2, 0.25) is 17.7 Å². The SMILES string of the molecule is CC1=C[C@@H]2[C@@H]3C(=O)N(C[C@@H]4CCCO4)C(=O)[C@@H]3[C@H](C(=O)Nc3ccccc3)N2c2ccccc21. The van der Waals surface area contributed by atoms with Crippen molar-refractivity contribution < 1.29 is 19.1 Å². The van der Waals surface area contributed by atoms with Crippen LogP contribution in [-0.4, -0.2) is 54.0 Å². The fourth-order valence-corrected chi connectivity index (χ4v) is 6.07. The fourth-order valence-electron chi connectivity index (χ4n) is 6.07. The summed E-state index contributed by atoms with van der Waals surface area (Å²) in [5, 5.41) is 2.99. The number of carbonyl (C=O) groups excluding carboxylic acids is 3. The Morgan fingerprint density at radius 3 is 2.53 bits per heavy atom. The zero-order chi connectivity index (χ0) is 23.4. The van der Waals surface area contributed by atoms with E-state index in [4.69, 9.17) is 4.74 Å². The molecule has 2 aromatic rings. The van der Waals surface area contributed by atoms with Crippen molar-refractivity contribution in [3.8, 4) is 0 Å². The molecule has 0 aromatic heterocycles. The number of likely N-dealkylation sites (tertiary alicyclic amines) is 1. The van der Waals surface area contributed by atoms with Crippen molar-refractivity contribution in [3.05, 3.63) is 66.2 Å². The Balaban J connectivity index is 1.41. The van der Waals surface area contributed by atoms with E-state index in [2.05, 4.69) is 11.4 Å². The van der Waals surface area contributed by atoms with Gasteiger partial charge < -0.3 is 15.0 Å². The highest BCUT2D eigenvalue weighted by Crippen LogP contribution is 2.50. The fraction of sp³-hybridized carbons (Fsp3) is 0.370. The molecule has 1 N–H and O–H groups in total. The lowest BCUT2D eigenvalue weighted by atomic mass is 9.87. The average Bonchev–Trinajstić information content (AvgIpc) is 3.53. The number of nitrogens with one attached hydrogen (secondary N) is 1. The molecule has 0 unspecified atom stereocenters. The molecule has 7 nitrogen and oxygen atoms in total. The van der Waals surface area contributed by atoms with Crippen LogP contribution < -0.4 is 10.2 Å². The number of allylic oxidation sites excluding steroid dienone is 1. The van der Waals surface area contributed by atoms with Gasteiger partial charge in [0.25, 0.3) is 0 Å². The van der Waals surface area contributed by atoms with Gasteiger partial charge in [0.15, 0.2) is 0 Å². The minimum absolute atomic E-state index is 0.121. The first-order valence-electron chi connectivity index (χ1n) is 11.9. The first-order chi connectivity index (χ1) is 16.5. The van der Waals surface area contributed by atoms with Crippen LogP contribution >= 0.6 is 0 Å². The Hall–Kier alpha value is -3.45. The van der Waals surface area contributed by atoms with E-state index in [-0.39, 0.29) is 36.4 Å². The molecule has 4 heterocycles. The number of fused-ring (bicyclic) bond motifs is 5. The lowest BCUT2D eigenvalue weighted by Crippen LogP contribution is -2.51. The topological polar surface area (TPSA) is 78.9 Å². The third-order valence-corrected chi connectivity index (χ3v) is 7.57. The van der Waals surface area contributed by atoms with E-state index >= 15 is 0 Å². The summed E-state index contributed by atoms with van der Waals surface area (Å²) in [6, 6.07) is 16.0. The summed E-state index contributed by atoms with van der Waals surface area (Å²) < 4.78 is 5.71. The van der Waals surface area contributed by atoms with Crippen molar-refractivity contribution in [2.24, 2.45) is 11.8 Å². The van der Waals surface area contributed by atoms with Crippen LogP contribution in [0.5, 0.6) is 0 Å². The average molecular weight is 458 g/mol. The van der Waals surface area contributed by atoms with Gasteiger partial charge >= 0.3 is 0 Å². The molecule has 0 bridgehead atoms. The maximum absolute atomic E-state index is 13.7. The number of nitrogens with zero attached hydrogens (tertiary/aromatic N) is 2. The van der Waals surface area contributed by atoms with Gasteiger partial charge in [0.1, 0.15) is 6.04 Å². The Labute approximate surface area is 198 Å². The monoisotopic (exact) mass is 457 g/mol. The number of imide groups is 1. The van der Waals surface area contributed by atoms with Gasteiger partial charge in [0, 0.05) is 23.5 Å². The van der Waals surface area contributed by atoms with Crippen molar-refractivity contribution in [2.45, 2.75) is 38.0 Å². The molecule has 0 spiro atoms. The Kier molecular flexibility index (Phi) is 5.03. The van der Waals surface area contributed by atoms with Gasteiger partial charge in [-0.1, -0.05) is 42.5 Å². The standard InChI is InChI=1S/C27H27N3O4/c1-16-14-21-22-23(27(33)29(26(22)32)15-18-10-7-13-34-18)24(25(31)28-17-8-3-2-4-9-17)30(21)20-12-6-5-11-19(16)20/h2-6,8-9,11-12,14,18,21-24H,7,10,13,15H2,1H3,(H,28,31)/t18-,21+,22-,23-,24+/m0/s1. The molecule has 7 heteroatoms. The second-order valence-corrected chi connectivity index (χ2v) is 9.54. The number of para-hydroxylation sites is 2. The lowest BCUT2D eigenvalue weighted by molar-refractivity contribution is -0.142. The minimum atomic E-state index is -0.786. The summed E-state index contributed by atoms with van der Waals surface area (Å²) >= 11 is 0. The molecule has 5 atom stereocenters. The summed E-state index contributed by atoms with van der Waals surface area (Å²) in [6.07, 6.45) is 3.71. The molecule has 0 radical (unpaired) electrons. The van der Waals surface area contributed by atoms with Crippen LogP contribution in [0, 0.1) is 11.8 Å². The highest BCUT2D eigenvalue weighted by Gasteiger charge is 2.64. The molecular formula is C27H27N3O4. The second kappa shape index (κ2) is 8.09. The van der Waals surface area contributed by atoms with Crippen molar-refractivity contribution >= 4 is 34.7 Å². The van der Waals surface area contributed by atoms with Crippen LogP contribution in [0.2, 0.25) is 0 Å². The number of hydrogen-bond acceptors (Lipinski definition) is 5. The van der Waals surface area contributed by atoms with Crippen molar-refractivity contribution in [1.82, 2.24) is 4.90 Å². The first-order valence-corrected chi connectivity index (χ1v) is 11.9. The van der Waals surface area contributed by atoms with Crippen LogP contribution in [0.3, 0.4) is 0 Å². The molecule has 3 amide bonds. The van der Waals surface area contributed by atoms with Crippen LogP contribution in [0.4, 0.5) is 11.4 Å². The first kappa shape index (κ1) is 21.1. The van der Waals surface area contributed by atoms with Crippen molar-refractivity contribution in [1.29, 1.82) is 0 Å². The Morgan fingerprint density at radius 2 is 1.76 bits per heavy atom. The van der Waals surface area contributed by atoms with E-state index in [0.717, 1.165) is 29.7 Å². The predicted octanol–water partition coefficient (Wildman–Crippen LogP) is 3.08. The minimum Gasteiger partial charge on any atom is -0.376 e. The highest BCUT2D eigenvalue weighted by molar-refractivity contribution is 6.12. The number of carbonyl (C=O) groups is 3. The summed E-state index contributed by atoms with van der Waals surface area (Å²) in [5.74, 6) is -2.07. The summed E-state index contributed by atoms with van der Waals surface area (Å²) in [6.45, 7) is 2.95. The molecule has 174 valence electrons. The second-order valence-electron chi connectivity index (χ2n) is 9.54. The number of benzene rings is 2. The van der Waals surface area contributed by atoms with Gasteiger partial charge in [0.05, 0.1) is 30.5 Å². The maximum atomic E-state index is 13.7. The van der Waals surface area contributed by atoms with E-state index in [1.54, 1.807) is 0 Å². The smallest absolute Gasteiger partial charge is 0.247 e. The Morgan fingerprint density at radius 1 is 1.03 bits per heavy atom. The van der Waals surface area contributed by atoms with E-state index in [1.807, 2.05) is 66.4 Å². The number of amides is 3. The summed E-state index contributed by atoms with van der Waals surface area (Å²) in [4.78, 5) is 44.4. The van der Waals surface area contributed by atoms with Gasteiger partial charge in [-0.15, -0.1) is 0 Å². The number of rotatable bonds is 4. The zero-order valence-corrected chi connectivity index (χ0v) is 19.0. The van der Waals surface area contributed by atoms with Crippen molar-refractivity contribution in [3.63, 3.8) is 0 Å². The number of ether oxygens (including phenoxy) is 1. The summed E-state index contributed by atoms with van der Waals surface area (Å²) in [5.41, 5.74) is 3.63. The predicted molar refractivity (Wildman–Crippen MR) is 128 cm³/mol. The number of hydrogen-bond donors (Lipinski definition) is 1. The van der Waals surface area contributed by atoms with E-state index in [0.29, 0.717) is 12.3 Å². The number of anilines is 2. The molecule has 3 saturated heterocycles. The van der Waals surface area contributed by atoms with Gasteiger partial charge in [-0.2, -0.15) is 0 Å². The molecule has 2 aromatic carbocycles. The molecule has 34 heavy (non-hydrogen) atoms. The van der Waals surface area contributed by atoms with Crippen LogP contribution in [0.1, 0.15) is 25.3 Å².